The summed E-state index contributed by atoms with van der Waals surface area (Å²) in [5, 5.41) is 9.15. The second-order valence-corrected chi connectivity index (χ2v) is 3.89. The molecule has 84 valence electrons. The Labute approximate surface area is 100 Å². The fourth-order valence-corrected chi connectivity index (χ4v) is 1.83. The van der Waals surface area contributed by atoms with E-state index in [-0.39, 0.29) is 5.82 Å². The van der Waals surface area contributed by atoms with Gasteiger partial charge in [-0.05, 0) is 18.1 Å². The average molecular weight is 225 g/mol. The first-order valence-corrected chi connectivity index (χ1v) is 5.49. The number of halogens is 1. The van der Waals surface area contributed by atoms with Gasteiger partial charge in [0.2, 0.25) is 0 Å². The van der Waals surface area contributed by atoms with Gasteiger partial charge >= 0.3 is 0 Å². The summed E-state index contributed by atoms with van der Waals surface area (Å²) in [5.74, 6) is -0.742. The molecule has 0 saturated heterocycles. The quantitative estimate of drug-likeness (QED) is 0.781. The van der Waals surface area contributed by atoms with E-state index in [2.05, 4.69) is 6.07 Å². The van der Waals surface area contributed by atoms with Gasteiger partial charge < -0.3 is 0 Å². The molecular weight excluding hydrogens is 213 g/mol. The lowest BCUT2D eigenvalue weighted by molar-refractivity contribution is 0.600. The van der Waals surface area contributed by atoms with Crippen LogP contribution in [-0.2, 0) is 6.42 Å². The Hall–Kier alpha value is -2.14. The third kappa shape index (κ3) is 2.70. The molecule has 0 aliphatic heterocycles. The zero-order chi connectivity index (χ0) is 12.1. The van der Waals surface area contributed by atoms with Gasteiger partial charge in [0.25, 0.3) is 0 Å². The number of nitrogens with zero attached hydrogens (tertiary/aromatic N) is 1. The highest BCUT2D eigenvalue weighted by Crippen LogP contribution is 2.22. The van der Waals surface area contributed by atoms with Crippen molar-refractivity contribution in [2.24, 2.45) is 0 Å². The molecule has 17 heavy (non-hydrogen) atoms. The van der Waals surface area contributed by atoms with E-state index in [1.54, 1.807) is 18.2 Å². The Morgan fingerprint density at radius 1 is 1.00 bits per heavy atom. The summed E-state index contributed by atoms with van der Waals surface area (Å²) in [6, 6.07) is 18.3. The molecule has 0 amide bonds. The number of rotatable bonds is 3. The van der Waals surface area contributed by atoms with Crippen LogP contribution in [-0.4, -0.2) is 0 Å². The zero-order valence-corrected chi connectivity index (χ0v) is 9.31. The van der Waals surface area contributed by atoms with Crippen LogP contribution in [0.4, 0.5) is 4.39 Å². The highest BCUT2D eigenvalue weighted by molar-refractivity contribution is 5.29. The molecule has 0 saturated carbocycles. The molecule has 0 bridgehead atoms. The van der Waals surface area contributed by atoms with Crippen molar-refractivity contribution in [2.45, 2.75) is 12.3 Å². The molecule has 0 aromatic heterocycles. The van der Waals surface area contributed by atoms with Crippen LogP contribution >= 0.6 is 0 Å². The summed E-state index contributed by atoms with van der Waals surface area (Å²) in [6.07, 6.45) is 0.540. The van der Waals surface area contributed by atoms with Crippen LogP contribution < -0.4 is 0 Å². The predicted octanol–water partition coefficient (Wildman–Crippen LogP) is 3.68. The fraction of sp³-hybridized carbons (Fsp3) is 0.133. The Kier molecular flexibility index (Phi) is 3.52. The molecule has 0 aliphatic carbocycles. The molecule has 1 nitrogen and oxygen atoms in total. The van der Waals surface area contributed by atoms with Crippen molar-refractivity contribution in [3.05, 3.63) is 71.5 Å². The van der Waals surface area contributed by atoms with Crippen molar-refractivity contribution < 1.29 is 4.39 Å². The maximum atomic E-state index is 13.6. The lowest BCUT2D eigenvalue weighted by Gasteiger charge is -2.10. The lowest BCUT2D eigenvalue weighted by atomic mass is 9.93. The highest BCUT2D eigenvalue weighted by atomic mass is 19.1. The topological polar surface area (TPSA) is 23.8 Å². The molecule has 0 heterocycles. The second kappa shape index (κ2) is 5.27. The van der Waals surface area contributed by atoms with Crippen LogP contribution in [0, 0.1) is 17.1 Å². The summed E-state index contributed by atoms with van der Waals surface area (Å²) in [4.78, 5) is 0. The predicted molar refractivity (Wildman–Crippen MR) is 64.9 cm³/mol. The molecule has 1 atom stereocenters. The highest BCUT2D eigenvalue weighted by Gasteiger charge is 2.14. The summed E-state index contributed by atoms with van der Waals surface area (Å²) >= 11 is 0. The summed E-state index contributed by atoms with van der Waals surface area (Å²) in [7, 11) is 0. The van der Waals surface area contributed by atoms with Gasteiger partial charge in [-0.15, -0.1) is 0 Å². The Bertz CT molecular complexity index is 528. The smallest absolute Gasteiger partial charge is 0.127 e. The molecule has 0 spiro atoms. The minimum Gasteiger partial charge on any atom is -0.207 e. The largest absolute Gasteiger partial charge is 0.207 e. The molecule has 0 radical (unpaired) electrons. The van der Waals surface area contributed by atoms with Crippen LogP contribution in [0.2, 0.25) is 0 Å². The van der Waals surface area contributed by atoms with E-state index in [1.165, 1.54) is 6.07 Å². The van der Waals surface area contributed by atoms with E-state index < -0.39 is 5.92 Å². The Morgan fingerprint density at radius 2 is 1.65 bits per heavy atom. The van der Waals surface area contributed by atoms with Crippen molar-refractivity contribution in [3.63, 3.8) is 0 Å². The minimum absolute atomic E-state index is 0.310. The third-order valence-corrected chi connectivity index (χ3v) is 2.72. The number of hydrogen-bond acceptors (Lipinski definition) is 1. The maximum Gasteiger partial charge on any atom is 0.127 e. The molecule has 0 fully saturated rings. The molecular formula is C15H12FN. The van der Waals surface area contributed by atoms with Crippen LogP contribution in [0.3, 0.4) is 0 Å². The van der Waals surface area contributed by atoms with Crippen LogP contribution in [0.1, 0.15) is 17.0 Å². The van der Waals surface area contributed by atoms with Gasteiger partial charge in [-0.2, -0.15) is 5.26 Å². The van der Waals surface area contributed by atoms with Gasteiger partial charge in [-0.25, -0.2) is 4.39 Å². The number of benzene rings is 2. The van der Waals surface area contributed by atoms with Gasteiger partial charge in [0.15, 0.2) is 0 Å². The summed E-state index contributed by atoms with van der Waals surface area (Å²) < 4.78 is 13.6. The number of nitriles is 1. The maximum absolute atomic E-state index is 13.6. The van der Waals surface area contributed by atoms with E-state index >= 15 is 0 Å². The Morgan fingerprint density at radius 3 is 2.29 bits per heavy atom. The molecule has 2 aromatic carbocycles. The lowest BCUT2D eigenvalue weighted by Crippen LogP contribution is -2.02. The molecule has 0 aliphatic rings. The first kappa shape index (κ1) is 11.3. The van der Waals surface area contributed by atoms with Crippen LogP contribution in [0.5, 0.6) is 0 Å². The van der Waals surface area contributed by atoms with Crippen molar-refractivity contribution in [1.29, 1.82) is 5.26 Å². The molecule has 2 rings (SSSR count). The van der Waals surface area contributed by atoms with E-state index in [0.717, 1.165) is 5.56 Å². The van der Waals surface area contributed by atoms with Crippen molar-refractivity contribution in [2.75, 3.05) is 0 Å². The van der Waals surface area contributed by atoms with E-state index in [9.17, 15) is 4.39 Å². The van der Waals surface area contributed by atoms with E-state index in [4.69, 9.17) is 5.26 Å². The van der Waals surface area contributed by atoms with Gasteiger partial charge in [-0.1, -0.05) is 48.5 Å². The first-order valence-electron chi connectivity index (χ1n) is 5.49. The first-order chi connectivity index (χ1) is 8.31. The van der Waals surface area contributed by atoms with Gasteiger partial charge in [-0.3, -0.25) is 0 Å². The molecule has 0 N–H and O–H groups in total. The van der Waals surface area contributed by atoms with Gasteiger partial charge in [0.05, 0.1) is 12.0 Å². The third-order valence-electron chi connectivity index (χ3n) is 2.72. The van der Waals surface area contributed by atoms with Crippen molar-refractivity contribution in [1.82, 2.24) is 0 Å². The Balaban J connectivity index is 2.25. The minimum atomic E-state index is -0.432. The van der Waals surface area contributed by atoms with E-state index in [0.29, 0.717) is 12.0 Å². The van der Waals surface area contributed by atoms with Crippen molar-refractivity contribution in [3.8, 4) is 6.07 Å². The van der Waals surface area contributed by atoms with Crippen LogP contribution in [0.15, 0.2) is 54.6 Å². The normalized spacial score (nSPS) is 11.8. The summed E-state index contributed by atoms with van der Waals surface area (Å²) in [5.41, 5.74) is 1.51. The standard InChI is InChI=1S/C15H12FN/c16-15-9-5-4-8-14(15)13(11-17)10-12-6-2-1-3-7-12/h1-9,13H,10H2. The van der Waals surface area contributed by atoms with Gasteiger partial charge in [0, 0.05) is 5.56 Å². The van der Waals surface area contributed by atoms with Crippen molar-refractivity contribution >= 4 is 0 Å². The fourth-order valence-electron chi connectivity index (χ4n) is 1.83. The monoisotopic (exact) mass is 225 g/mol. The SMILES string of the molecule is N#CC(Cc1ccccc1)c1ccccc1F. The molecule has 1 unspecified atom stereocenters. The zero-order valence-electron chi connectivity index (χ0n) is 9.31. The molecule has 2 aromatic rings. The second-order valence-electron chi connectivity index (χ2n) is 3.89. The van der Waals surface area contributed by atoms with E-state index in [1.807, 2.05) is 30.3 Å². The average Bonchev–Trinajstić information content (AvgIpc) is 2.38. The molecule has 2 heteroatoms. The van der Waals surface area contributed by atoms with Gasteiger partial charge in [0.1, 0.15) is 5.82 Å². The van der Waals surface area contributed by atoms with Crippen LogP contribution in [0.25, 0.3) is 0 Å². The number of hydrogen-bond donors (Lipinski definition) is 0. The summed E-state index contributed by atoms with van der Waals surface area (Å²) in [6.45, 7) is 0.